The van der Waals surface area contributed by atoms with Crippen LogP contribution in [0, 0.1) is 19.3 Å². The van der Waals surface area contributed by atoms with E-state index in [4.69, 9.17) is 11.2 Å². The molecule has 0 saturated carbocycles. The fourth-order valence-corrected chi connectivity index (χ4v) is 2.36. The molecule has 0 spiro atoms. The van der Waals surface area contributed by atoms with Gasteiger partial charge in [0.25, 0.3) is 5.91 Å². The molecule has 0 fully saturated rings. The third-order valence-corrected chi connectivity index (χ3v) is 3.70. The Morgan fingerprint density at radius 2 is 1.85 bits per heavy atom. The number of benzene rings is 2. The lowest BCUT2D eigenvalue weighted by atomic mass is 10.1. The van der Waals surface area contributed by atoms with Crippen LogP contribution in [0.15, 0.2) is 48.5 Å². The molecule has 0 bridgehead atoms. The Bertz CT molecular complexity index is 809. The minimum absolute atomic E-state index is 0.136. The zero-order chi connectivity index (χ0) is 18.8. The summed E-state index contributed by atoms with van der Waals surface area (Å²) in [6, 6.07) is 14.6. The number of hydrogen-bond acceptors (Lipinski definition) is 3. The molecule has 0 heterocycles. The summed E-state index contributed by atoms with van der Waals surface area (Å²) < 4.78 is 5.68. The highest BCUT2D eigenvalue weighted by molar-refractivity contribution is 6.03. The average Bonchev–Trinajstić information content (AvgIpc) is 2.65. The summed E-state index contributed by atoms with van der Waals surface area (Å²) >= 11 is 0. The third-order valence-electron chi connectivity index (χ3n) is 3.70. The van der Waals surface area contributed by atoms with Gasteiger partial charge in [-0.05, 0) is 37.1 Å². The van der Waals surface area contributed by atoms with Crippen molar-refractivity contribution in [2.75, 3.05) is 18.5 Å². The first-order valence-electron chi connectivity index (χ1n) is 8.41. The van der Waals surface area contributed by atoms with Crippen LogP contribution in [0.5, 0.6) is 5.75 Å². The van der Waals surface area contributed by atoms with Gasteiger partial charge in [-0.15, -0.1) is 6.42 Å². The van der Waals surface area contributed by atoms with E-state index in [2.05, 4.69) is 16.6 Å². The zero-order valence-electron chi connectivity index (χ0n) is 14.7. The molecule has 2 amide bonds. The van der Waals surface area contributed by atoms with E-state index in [1.807, 2.05) is 31.2 Å². The van der Waals surface area contributed by atoms with Gasteiger partial charge in [0.15, 0.2) is 0 Å². The van der Waals surface area contributed by atoms with Crippen molar-refractivity contribution in [3.8, 4) is 18.1 Å². The Morgan fingerprint density at radius 1 is 1.12 bits per heavy atom. The van der Waals surface area contributed by atoms with Crippen LogP contribution >= 0.6 is 0 Å². The highest BCUT2D eigenvalue weighted by Gasteiger charge is 2.12. The lowest BCUT2D eigenvalue weighted by Crippen LogP contribution is -2.25. The van der Waals surface area contributed by atoms with Crippen LogP contribution in [-0.4, -0.2) is 25.0 Å². The molecule has 2 aromatic rings. The van der Waals surface area contributed by atoms with Gasteiger partial charge in [0, 0.05) is 6.42 Å². The maximum absolute atomic E-state index is 12.1. The standard InChI is InChI=1S/C21H22N2O3/c1-3-14-22-21(25)17-10-5-6-11-18(17)23-20(24)13-8-15-26-19-12-7-4-9-16(19)2/h1,4-7,9-12H,8,13-15H2,2H3,(H,22,25)(H,23,24). The molecule has 0 aliphatic heterocycles. The molecule has 2 aromatic carbocycles. The number of para-hydroxylation sites is 2. The van der Waals surface area contributed by atoms with Gasteiger partial charge < -0.3 is 15.4 Å². The number of aryl methyl sites for hydroxylation is 1. The molecule has 5 nitrogen and oxygen atoms in total. The van der Waals surface area contributed by atoms with E-state index >= 15 is 0 Å². The highest BCUT2D eigenvalue weighted by atomic mass is 16.5. The minimum Gasteiger partial charge on any atom is -0.493 e. The smallest absolute Gasteiger partial charge is 0.254 e. The predicted molar refractivity (Wildman–Crippen MR) is 102 cm³/mol. The first-order valence-corrected chi connectivity index (χ1v) is 8.41. The van der Waals surface area contributed by atoms with Crippen molar-refractivity contribution >= 4 is 17.5 Å². The Hall–Kier alpha value is -3.26. The summed E-state index contributed by atoms with van der Waals surface area (Å²) in [6.07, 6.45) is 6.02. The van der Waals surface area contributed by atoms with E-state index in [1.54, 1.807) is 24.3 Å². The van der Waals surface area contributed by atoms with Gasteiger partial charge >= 0.3 is 0 Å². The molecular formula is C21H22N2O3. The maximum atomic E-state index is 12.1. The van der Waals surface area contributed by atoms with Crippen LogP contribution in [0.4, 0.5) is 5.69 Å². The quantitative estimate of drug-likeness (QED) is 0.568. The van der Waals surface area contributed by atoms with Gasteiger partial charge in [0.05, 0.1) is 24.4 Å². The first kappa shape index (κ1) is 19.1. The Labute approximate surface area is 153 Å². The summed E-state index contributed by atoms with van der Waals surface area (Å²) in [5.74, 6) is 2.68. The molecule has 0 aliphatic carbocycles. The van der Waals surface area contributed by atoms with Gasteiger partial charge in [-0.2, -0.15) is 0 Å². The Balaban J connectivity index is 1.83. The van der Waals surface area contributed by atoms with Crippen molar-refractivity contribution in [1.29, 1.82) is 0 Å². The molecule has 0 unspecified atom stereocenters. The van der Waals surface area contributed by atoms with E-state index < -0.39 is 0 Å². The lowest BCUT2D eigenvalue weighted by molar-refractivity contribution is -0.116. The molecule has 5 heteroatoms. The Kier molecular flexibility index (Phi) is 7.26. The van der Waals surface area contributed by atoms with Crippen molar-refractivity contribution in [2.24, 2.45) is 0 Å². The van der Waals surface area contributed by atoms with Crippen LogP contribution in [-0.2, 0) is 4.79 Å². The fraction of sp³-hybridized carbons (Fsp3) is 0.238. The second-order valence-corrected chi connectivity index (χ2v) is 5.70. The molecule has 0 radical (unpaired) electrons. The number of hydrogen-bond donors (Lipinski definition) is 2. The molecular weight excluding hydrogens is 328 g/mol. The number of carbonyl (C=O) groups is 2. The average molecular weight is 350 g/mol. The van der Waals surface area contributed by atoms with Crippen molar-refractivity contribution in [3.05, 3.63) is 59.7 Å². The normalized spacial score (nSPS) is 9.85. The maximum Gasteiger partial charge on any atom is 0.254 e. The van der Waals surface area contributed by atoms with E-state index in [0.29, 0.717) is 30.7 Å². The van der Waals surface area contributed by atoms with Gasteiger partial charge in [0.2, 0.25) is 5.91 Å². The van der Waals surface area contributed by atoms with Gasteiger partial charge in [-0.25, -0.2) is 0 Å². The zero-order valence-corrected chi connectivity index (χ0v) is 14.7. The predicted octanol–water partition coefficient (Wildman–Crippen LogP) is 3.16. The fourth-order valence-electron chi connectivity index (χ4n) is 2.36. The summed E-state index contributed by atoms with van der Waals surface area (Å²) in [7, 11) is 0. The number of anilines is 1. The number of nitrogens with one attached hydrogen (secondary N) is 2. The number of ether oxygens (including phenoxy) is 1. The van der Waals surface area contributed by atoms with Crippen molar-refractivity contribution in [2.45, 2.75) is 19.8 Å². The van der Waals surface area contributed by atoms with Crippen molar-refractivity contribution in [1.82, 2.24) is 5.32 Å². The van der Waals surface area contributed by atoms with Crippen molar-refractivity contribution in [3.63, 3.8) is 0 Å². The molecule has 26 heavy (non-hydrogen) atoms. The topological polar surface area (TPSA) is 67.4 Å². The van der Waals surface area contributed by atoms with Crippen molar-refractivity contribution < 1.29 is 14.3 Å². The summed E-state index contributed by atoms with van der Waals surface area (Å²) in [4.78, 5) is 24.2. The summed E-state index contributed by atoms with van der Waals surface area (Å²) in [5, 5.41) is 5.36. The molecule has 0 aliphatic rings. The second kappa shape index (κ2) is 9.90. The number of carbonyl (C=O) groups excluding carboxylic acids is 2. The van der Waals surface area contributed by atoms with Crippen LogP contribution in [0.1, 0.15) is 28.8 Å². The molecule has 2 N–H and O–H groups in total. The highest BCUT2D eigenvalue weighted by Crippen LogP contribution is 2.17. The monoisotopic (exact) mass is 350 g/mol. The van der Waals surface area contributed by atoms with Crippen LogP contribution in [0.3, 0.4) is 0 Å². The second-order valence-electron chi connectivity index (χ2n) is 5.70. The van der Waals surface area contributed by atoms with Crippen LogP contribution in [0.2, 0.25) is 0 Å². The molecule has 2 rings (SSSR count). The van der Waals surface area contributed by atoms with E-state index in [1.165, 1.54) is 0 Å². The SMILES string of the molecule is C#CCNC(=O)c1ccccc1NC(=O)CCCOc1ccccc1C. The number of amides is 2. The largest absolute Gasteiger partial charge is 0.493 e. The molecule has 0 atom stereocenters. The summed E-state index contributed by atoms with van der Waals surface area (Å²) in [5.41, 5.74) is 1.91. The van der Waals surface area contributed by atoms with Crippen LogP contribution < -0.4 is 15.4 Å². The first-order chi connectivity index (χ1) is 12.6. The van der Waals surface area contributed by atoms with Gasteiger partial charge in [0.1, 0.15) is 5.75 Å². The van der Waals surface area contributed by atoms with E-state index in [0.717, 1.165) is 11.3 Å². The summed E-state index contributed by atoms with van der Waals surface area (Å²) in [6.45, 7) is 2.56. The number of terminal acetylenes is 1. The van der Waals surface area contributed by atoms with Gasteiger partial charge in [-0.3, -0.25) is 9.59 Å². The Morgan fingerprint density at radius 3 is 2.62 bits per heavy atom. The minimum atomic E-state index is -0.318. The van der Waals surface area contributed by atoms with E-state index in [9.17, 15) is 9.59 Å². The van der Waals surface area contributed by atoms with Crippen LogP contribution in [0.25, 0.3) is 0 Å². The lowest BCUT2D eigenvalue weighted by Gasteiger charge is -2.11. The van der Waals surface area contributed by atoms with E-state index in [-0.39, 0.29) is 18.4 Å². The molecule has 134 valence electrons. The molecule has 0 saturated heterocycles. The third kappa shape index (κ3) is 5.67. The van der Waals surface area contributed by atoms with Gasteiger partial charge in [-0.1, -0.05) is 36.3 Å². The number of rotatable bonds is 8. The molecule has 0 aromatic heterocycles.